The molecule has 4 nitrogen and oxygen atoms in total. The Labute approximate surface area is 141 Å². The Morgan fingerprint density at radius 2 is 1.79 bits per heavy atom. The highest BCUT2D eigenvalue weighted by molar-refractivity contribution is 6.33. The lowest BCUT2D eigenvalue weighted by atomic mass is 10.1. The third-order valence-electron chi connectivity index (χ3n) is 3.85. The number of nitrogens with zero attached hydrogens (tertiary/aromatic N) is 2. The lowest BCUT2D eigenvalue weighted by Crippen LogP contribution is -2.20. The SMILES string of the molecule is O=c1c(-c2ccccc2Cl)cc2cn[nH]c2n1-c1ccc(F)cc1. The van der Waals surface area contributed by atoms with Gasteiger partial charge < -0.3 is 0 Å². The molecule has 6 heteroatoms. The average Bonchev–Trinajstić information content (AvgIpc) is 3.04. The fraction of sp³-hybridized carbons (Fsp3) is 0. The summed E-state index contributed by atoms with van der Waals surface area (Å²) in [5.41, 5.74) is 1.93. The monoisotopic (exact) mass is 339 g/mol. The first-order valence-electron chi connectivity index (χ1n) is 7.25. The van der Waals surface area contributed by atoms with Gasteiger partial charge in [0.15, 0.2) is 0 Å². The van der Waals surface area contributed by atoms with Crippen LogP contribution in [0.15, 0.2) is 65.6 Å². The van der Waals surface area contributed by atoms with E-state index in [1.165, 1.54) is 16.7 Å². The molecular weight excluding hydrogens is 329 g/mol. The second-order valence-electron chi connectivity index (χ2n) is 5.33. The smallest absolute Gasteiger partial charge is 0.264 e. The zero-order valence-corrected chi connectivity index (χ0v) is 13.1. The second kappa shape index (κ2) is 5.62. The summed E-state index contributed by atoms with van der Waals surface area (Å²) >= 11 is 6.25. The van der Waals surface area contributed by atoms with Crippen molar-refractivity contribution in [3.63, 3.8) is 0 Å². The lowest BCUT2D eigenvalue weighted by molar-refractivity contribution is 0.627. The van der Waals surface area contributed by atoms with Crippen LogP contribution in [0.5, 0.6) is 0 Å². The van der Waals surface area contributed by atoms with Crippen LogP contribution in [0.3, 0.4) is 0 Å². The molecule has 0 fully saturated rings. The van der Waals surface area contributed by atoms with Crippen molar-refractivity contribution in [2.45, 2.75) is 0 Å². The molecule has 24 heavy (non-hydrogen) atoms. The fourth-order valence-corrected chi connectivity index (χ4v) is 2.96. The summed E-state index contributed by atoms with van der Waals surface area (Å²) in [5, 5.41) is 8.08. The maximum absolute atomic E-state index is 13.2. The van der Waals surface area contributed by atoms with Gasteiger partial charge in [0.25, 0.3) is 5.56 Å². The van der Waals surface area contributed by atoms with Crippen molar-refractivity contribution in [3.05, 3.63) is 82.0 Å². The van der Waals surface area contributed by atoms with E-state index in [2.05, 4.69) is 10.2 Å². The van der Waals surface area contributed by atoms with E-state index in [9.17, 15) is 9.18 Å². The Kier molecular flexibility index (Phi) is 3.43. The number of H-pyrrole nitrogens is 1. The third-order valence-corrected chi connectivity index (χ3v) is 4.18. The highest BCUT2D eigenvalue weighted by Gasteiger charge is 2.15. The molecule has 4 aromatic rings. The number of nitrogens with one attached hydrogen (secondary N) is 1. The number of aromatic nitrogens is 3. The Morgan fingerprint density at radius 3 is 2.54 bits per heavy atom. The van der Waals surface area contributed by atoms with Crippen LogP contribution in [-0.2, 0) is 0 Å². The molecule has 0 aliphatic heterocycles. The number of benzene rings is 2. The van der Waals surface area contributed by atoms with Gasteiger partial charge in [-0.15, -0.1) is 0 Å². The van der Waals surface area contributed by atoms with Gasteiger partial charge in [-0.2, -0.15) is 5.10 Å². The molecule has 0 amide bonds. The Hall–Kier alpha value is -2.92. The number of pyridine rings is 1. The van der Waals surface area contributed by atoms with Crippen LogP contribution in [0.4, 0.5) is 4.39 Å². The van der Waals surface area contributed by atoms with Crippen molar-refractivity contribution in [1.82, 2.24) is 14.8 Å². The molecule has 2 heterocycles. The molecule has 4 rings (SSSR count). The third kappa shape index (κ3) is 2.30. The van der Waals surface area contributed by atoms with Gasteiger partial charge in [0.1, 0.15) is 11.5 Å². The molecule has 1 N–H and O–H groups in total. The van der Waals surface area contributed by atoms with Crippen LogP contribution in [0.1, 0.15) is 0 Å². The highest BCUT2D eigenvalue weighted by Crippen LogP contribution is 2.27. The Balaban J connectivity index is 2.08. The zero-order valence-electron chi connectivity index (χ0n) is 12.3. The van der Waals surface area contributed by atoms with E-state index >= 15 is 0 Å². The summed E-state index contributed by atoms with van der Waals surface area (Å²) in [6.07, 6.45) is 1.63. The fourth-order valence-electron chi connectivity index (χ4n) is 2.72. The molecule has 0 saturated heterocycles. The van der Waals surface area contributed by atoms with Crippen molar-refractivity contribution in [2.24, 2.45) is 0 Å². The minimum Gasteiger partial charge on any atom is -0.268 e. The topological polar surface area (TPSA) is 50.7 Å². The van der Waals surface area contributed by atoms with Gasteiger partial charge in [-0.3, -0.25) is 14.5 Å². The molecule has 2 aromatic carbocycles. The number of rotatable bonds is 2. The van der Waals surface area contributed by atoms with E-state index in [0.29, 0.717) is 27.5 Å². The number of aromatic amines is 1. The van der Waals surface area contributed by atoms with E-state index in [1.54, 1.807) is 42.6 Å². The summed E-state index contributed by atoms with van der Waals surface area (Å²) in [7, 11) is 0. The molecule has 0 unspecified atom stereocenters. The van der Waals surface area contributed by atoms with E-state index in [-0.39, 0.29) is 11.4 Å². The van der Waals surface area contributed by atoms with Gasteiger partial charge in [-0.25, -0.2) is 4.39 Å². The summed E-state index contributed by atoms with van der Waals surface area (Å²) in [5.74, 6) is -0.366. The Morgan fingerprint density at radius 1 is 1.04 bits per heavy atom. The number of hydrogen-bond donors (Lipinski definition) is 1. The molecular formula is C18H11ClFN3O. The molecule has 2 aromatic heterocycles. The molecule has 0 spiro atoms. The van der Waals surface area contributed by atoms with Gasteiger partial charge >= 0.3 is 0 Å². The summed E-state index contributed by atoms with van der Waals surface area (Å²) in [6, 6.07) is 14.6. The summed E-state index contributed by atoms with van der Waals surface area (Å²) in [4.78, 5) is 13.1. The van der Waals surface area contributed by atoms with Gasteiger partial charge in [-0.1, -0.05) is 29.8 Å². The molecule has 118 valence electrons. The largest absolute Gasteiger partial charge is 0.268 e. The van der Waals surface area contributed by atoms with Crippen molar-refractivity contribution >= 4 is 22.6 Å². The predicted octanol–water partition coefficient (Wildman–Crippen LogP) is 4.17. The molecule has 0 radical (unpaired) electrons. The normalized spacial score (nSPS) is 11.1. The van der Waals surface area contributed by atoms with Crippen molar-refractivity contribution < 1.29 is 4.39 Å². The van der Waals surface area contributed by atoms with E-state index in [1.807, 2.05) is 6.07 Å². The molecule has 0 aliphatic rings. The Bertz CT molecular complexity index is 1100. The van der Waals surface area contributed by atoms with Crippen LogP contribution < -0.4 is 5.56 Å². The standard InChI is InChI=1S/C18H11ClFN3O/c19-16-4-2-1-3-14(16)15-9-11-10-21-22-17(11)23(18(15)24)13-7-5-12(20)6-8-13/h1-10H,(H,21,22). The maximum atomic E-state index is 13.2. The number of hydrogen-bond acceptors (Lipinski definition) is 2. The molecule has 0 aliphatic carbocycles. The number of fused-ring (bicyclic) bond motifs is 1. The van der Waals surface area contributed by atoms with Gasteiger partial charge in [0, 0.05) is 21.5 Å². The van der Waals surface area contributed by atoms with E-state index in [0.717, 1.165) is 5.39 Å². The average molecular weight is 340 g/mol. The van der Waals surface area contributed by atoms with Gasteiger partial charge in [0.2, 0.25) is 0 Å². The number of halogens is 2. The predicted molar refractivity (Wildman–Crippen MR) is 92.1 cm³/mol. The van der Waals surface area contributed by atoms with Crippen LogP contribution in [0, 0.1) is 5.82 Å². The first-order chi connectivity index (χ1) is 11.6. The lowest BCUT2D eigenvalue weighted by Gasteiger charge is -2.11. The van der Waals surface area contributed by atoms with Crippen molar-refractivity contribution in [3.8, 4) is 16.8 Å². The van der Waals surface area contributed by atoms with Gasteiger partial charge in [0.05, 0.1) is 11.9 Å². The molecule has 0 saturated carbocycles. The summed E-state index contributed by atoms with van der Waals surface area (Å²) < 4.78 is 14.7. The maximum Gasteiger partial charge on any atom is 0.264 e. The minimum atomic E-state index is -0.366. The first-order valence-corrected chi connectivity index (χ1v) is 7.63. The molecule has 0 atom stereocenters. The highest BCUT2D eigenvalue weighted by atomic mass is 35.5. The van der Waals surface area contributed by atoms with Crippen LogP contribution in [-0.4, -0.2) is 14.8 Å². The van der Waals surface area contributed by atoms with Crippen LogP contribution >= 0.6 is 11.6 Å². The van der Waals surface area contributed by atoms with Gasteiger partial charge in [-0.05, 0) is 36.4 Å². The summed E-state index contributed by atoms with van der Waals surface area (Å²) in [6.45, 7) is 0. The zero-order chi connectivity index (χ0) is 16.7. The second-order valence-corrected chi connectivity index (χ2v) is 5.74. The minimum absolute atomic E-state index is 0.258. The van der Waals surface area contributed by atoms with Crippen molar-refractivity contribution in [2.75, 3.05) is 0 Å². The first kappa shape index (κ1) is 14.7. The van der Waals surface area contributed by atoms with Crippen LogP contribution in [0.25, 0.3) is 27.8 Å². The molecule has 0 bridgehead atoms. The van der Waals surface area contributed by atoms with Crippen molar-refractivity contribution in [1.29, 1.82) is 0 Å². The van der Waals surface area contributed by atoms with E-state index in [4.69, 9.17) is 11.6 Å². The van der Waals surface area contributed by atoms with E-state index < -0.39 is 0 Å². The van der Waals surface area contributed by atoms with Crippen LogP contribution in [0.2, 0.25) is 5.02 Å². The quantitative estimate of drug-likeness (QED) is 0.596.